The van der Waals surface area contributed by atoms with Crippen LogP contribution < -0.4 is 0 Å². The molecule has 0 spiro atoms. The molecular formula is C16H24N4. The lowest BCUT2D eigenvalue weighted by Gasteiger charge is -2.33. The maximum absolute atomic E-state index is 4.72. The van der Waals surface area contributed by atoms with Crippen LogP contribution in [0.15, 0.2) is 27.1 Å². The van der Waals surface area contributed by atoms with Crippen LogP contribution in [0.1, 0.15) is 40.5 Å². The maximum Gasteiger partial charge on any atom is 0.152 e. The van der Waals surface area contributed by atoms with Gasteiger partial charge in [-0.15, -0.1) is 0 Å². The number of rotatable bonds is 2. The second kappa shape index (κ2) is 4.83. The van der Waals surface area contributed by atoms with Crippen molar-refractivity contribution < 1.29 is 0 Å². The molecule has 0 aromatic rings. The molecule has 0 bridgehead atoms. The van der Waals surface area contributed by atoms with Crippen LogP contribution in [-0.4, -0.2) is 41.0 Å². The Hall–Kier alpha value is -1.45. The summed E-state index contributed by atoms with van der Waals surface area (Å²) in [6, 6.07) is 0.485. The summed E-state index contributed by atoms with van der Waals surface area (Å²) in [5.74, 6) is 2.20. The molecule has 0 amide bonds. The molecule has 0 saturated heterocycles. The molecule has 3 rings (SSSR count). The number of hydrogen-bond acceptors (Lipinski definition) is 4. The van der Waals surface area contributed by atoms with Gasteiger partial charge in [-0.3, -0.25) is 4.99 Å². The molecule has 4 nitrogen and oxygen atoms in total. The van der Waals surface area contributed by atoms with Gasteiger partial charge in [-0.2, -0.15) is 0 Å². The Morgan fingerprint density at radius 3 is 2.80 bits per heavy atom. The maximum atomic E-state index is 4.72. The van der Waals surface area contributed by atoms with E-state index in [4.69, 9.17) is 4.99 Å². The summed E-state index contributed by atoms with van der Waals surface area (Å²) < 4.78 is 0. The van der Waals surface area contributed by atoms with Crippen LogP contribution in [0.2, 0.25) is 0 Å². The largest absolute Gasteiger partial charge is 0.332 e. The van der Waals surface area contributed by atoms with E-state index in [1.165, 1.54) is 12.0 Å². The van der Waals surface area contributed by atoms with E-state index in [2.05, 4.69) is 42.2 Å². The van der Waals surface area contributed by atoms with Crippen molar-refractivity contribution in [3.8, 4) is 0 Å². The lowest BCUT2D eigenvalue weighted by atomic mass is 9.93. The molecule has 2 aliphatic heterocycles. The third-order valence-corrected chi connectivity index (χ3v) is 5.02. The SMILES string of the molecule is C=C1[C@H](CC)[C@@H](C)C[C@@H]1N1C=NC2C(C)=NC(C)=NC21. The summed E-state index contributed by atoms with van der Waals surface area (Å²) in [6.45, 7) is 13.0. The normalized spacial score (nSPS) is 39.9. The molecule has 108 valence electrons. The first-order valence-corrected chi connectivity index (χ1v) is 7.62. The molecule has 1 saturated carbocycles. The van der Waals surface area contributed by atoms with Crippen molar-refractivity contribution in [3.05, 3.63) is 12.2 Å². The molecule has 2 unspecified atom stereocenters. The van der Waals surface area contributed by atoms with Gasteiger partial charge in [-0.1, -0.05) is 26.0 Å². The van der Waals surface area contributed by atoms with Crippen molar-refractivity contribution in [1.82, 2.24) is 4.90 Å². The highest BCUT2D eigenvalue weighted by molar-refractivity contribution is 6.02. The summed E-state index contributed by atoms with van der Waals surface area (Å²) in [6.07, 6.45) is 4.42. The van der Waals surface area contributed by atoms with Crippen LogP contribution in [0.4, 0.5) is 0 Å². The van der Waals surface area contributed by atoms with Gasteiger partial charge >= 0.3 is 0 Å². The number of nitrogens with zero attached hydrogens (tertiary/aromatic N) is 4. The van der Waals surface area contributed by atoms with E-state index < -0.39 is 0 Å². The van der Waals surface area contributed by atoms with Gasteiger partial charge in [-0.05, 0) is 38.5 Å². The number of aliphatic imine (C=N–C) groups is 3. The van der Waals surface area contributed by atoms with E-state index in [0.717, 1.165) is 18.0 Å². The third-order valence-electron chi connectivity index (χ3n) is 5.02. The van der Waals surface area contributed by atoms with Gasteiger partial charge in [-0.25, -0.2) is 9.98 Å². The molecule has 1 aliphatic carbocycles. The lowest BCUT2D eigenvalue weighted by molar-refractivity contribution is 0.281. The zero-order valence-corrected chi connectivity index (χ0v) is 12.9. The molecule has 0 aromatic heterocycles. The number of amidine groups is 1. The van der Waals surface area contributed by atoms with Gasteiger partial charge in [0.05, 0.1) is 12.4 Å². The standard InChI is InChI=1S/C16H24N4/c1-6-13-9(2)7-14(10(13)3)20-8-17-15-11(4)18-12(5)19-16(15)20/h8-9,13-16H,3,6-7H2,1-2,4-5H3/t9-,13+,14-,15?,16?/m0/s1. The van der Waals surface area contributed by atoms with E-state index in [0.29, 0.717) is 17.9 Å². The topological polar surface area (TPSA) is 40.3 Å². The number of hydrogen-bond donors (Lipinski definition) is 0. The van der Waals surface area contributed by atoms with Crippen molar-refractivity contribution >= 4 is 17.9 Å². The summed E-state index contributed by atoms with van der Waals surface area (Å²) in [5.41, 5.74) is 2.44. The predicted molar refractivity (Wildman–Crippen MR) is 84.6 cm³/mol. The second-order valence-corrected chi connectivity index (χ2v) is 6.32. The van der Waals surface area contributed by atoms with Gasteiger partial charge in [0.1, 0.15) is 11.9 Å². The zero-order chi connectivity index (χ0) is 14.4. The van der Waals surface area contributed by atoms with Crippen LogP contribution in [-0.2, 0) is 0 Å². The van der Waals surface area contributed by atoms with Crippen molar-refractivity contribution in [2.24, 2.45) is 26.8 Å². The monoisotopic (exact) mass is 272 g/mol. The number of fused-ring (bicyclic) bond motifs is 1. The molecule has 3 aliphatic rings. The molecule has 0 N–H and O–H groups in total. The van der Waals surface area contributed by atoms with Gasteiger partial charge in [0, 0.05) is 5.71 Å². The van der Waals surface area contributed by atoms with Crippen LogP contribution in [0.25, 0.3) is 0 Å². The average Bonchev–Trinajstić information content (AvgIpc) is 2.91. The first kappa shape index (κ1) is 13.5. The Labute approximate surface area is 121 Å². The van der Waals surface area contributed by atoms with E-state index in [9.17, 15) is 0 Å². The minimum Gasteiger partial charge on any atom is -0.332 e. The van der Waals surface area contributed by atoms with Crippen LogP contribution >= 0.6 is 0 Å². The fourth-order valence-electron chi connectivity index (χ4n) is 3.98. The Morgan fingerprint density at radius 2 is 2.15 bits per heavy atom. The summed E-state index contributed by atoms with van der Waals surface area (Å²) in [4.78, 5) is 16.1. The third kappa shape index (κ3) is 1.93. The highest BCUT2D eigenvalue weighted by Crippen LogP contribution is 2.42. The molecule has 20 heavy (non-hydrogen) atoms. The highest BCUT2D eigenvalue weighted by Gasteiger charge is 2.43. The predicted octanol–water partition coefficient (Wildman–Crippen LogP) is 2.91. The van der Waals surface area contributed by atoms with Gasteiger partial charge in [0.25, 0.3) is 0 Å². The van der Waals surface area contributed by atoms with E-state index in [1.807, 2.05) is 13.3 Å². The molecule has 0 aromatic carbocycles. The molecule has 2 heterocycles. The van der Waals surface area contributed by atoms with E-state index >= 15 is 0 Å². The molecule has 4 heteroatoms. The van der Waals surface area contributed by atoms with Crippen LogP contribution in [0.5, 0.6) is 0 Å². The molecular weight excluding hydrogens is 248 g/mol. The second-order valence-electron chi connectivity index (χ2n) is 6.32. The van der Waals surface area contributed by atoms with Crippen LogP contribution in [0, 0.1) is 11.8 Å². The average molecular weight is 272 g/mol. The minimum absolute atomic E-state index is 0.0945. The van der Waals surface area contributed by atoms with Crippen molar-refractivity contribution in [1.29, 1.82) is 0 Å². The summed E-state index contributed by atoms with van der Waals surface area (Å²) in [5, 5.41) is 0. The fraction of sp³-hybridized carbons (Fsp3) is 0.688. The lowest BCUT2D eigenvalue weighted by Crippen LogP contribution is -2.45. The summed E-state index contributed by atoms with van der Waals surface area (Å²) in [7, 11) is 0. The Kier molecular flexibility index (Phi) is 3.27. The molecule has 1 fully saturated rings. The summed E-state index contributed by atoms with van der Waals surface area (Å²) >= 11 is 0. The van der Waals surface area contributed by atoms with Gasteiger partial charge in [0.2, 0.25) is 0 Å². The first-order chi connectivity index (χ1) is 9.52. The Morgan fingerprint density at radius 1 is 1.40 bits per heavy atom. The van der Waals surface area contributed by atoms with Crippen LogP contribution in [0.3, 0.4) is 0 Å². The van der Waals surface area contributed by atoms with Crippen molar-refractivity contribution in [2.75, 3.05) is 0 Å². The highest BCUT2D eigenvalue weighted by atomic mass is 15.4. The van der Waals surface area contributed by atoms with Gasteiger partial charge < -0.3 is 4.90 Å². The molecule has 0 radical (unpaired) electrons. The van der Waals surface area contributed by atoms with E-state index in [-0.39, 0.29) is 12.2 Å². The van der Waals surface area contributed by atoms with E-state index in [1.54, 1.807) is 0 Å². The van der Waals surface area contributed by atoms with Crippen molar-refractivity contribution in [3.63, 3.8) is 0 Å². The Balaban J connectivity index is 1.85. The fourth-order valence-corrected chi connectivity index (χ4v) is 3.98. The quantitative estimate of drug-likeness (QED) is 0.712. The molecule has 5 atom stereocenters. The zero-order valence-electron chi connectivity index (χ0n) is 12.9. The van der Waals surface area contributed by atoms with Crippen molar-refractivity contribution in [2.45, 2.75) is 58.8 Å². The smallest absolute Gasteiger partial charge is 0.152 e. The minimum atomic E-state index is 0.0945. The first-order valence-electron chi connectivity index (χ1n) is 7.62. The van der Waals surface area contributed by atoms with Gasteiger partial charge in [0.15, 0.2) is 6.17 Å². The Bertz CT molecular complexity index is 517.